The molecule has 0 spiro atoms. The fourth-order valence-electron chi connectivity index (χ4n) is 1.65. The molecule has 1 aromatic rings. The summed E-state index contributed by atoms with van der Waals surface area (Å²) in [6.07, 6.45) is 3.48. The van der Waals surface area contributed by atoms with Gasteiger partial charge in [0.15, 0.2) is 0 Å². The zero-order chi connectivity index (χ0) is 11.4. The van der Waals surface area contributed by atoms with Crippen molar-refractivity contribution in [3.63, 3.8) is 0 Å². The summed E-state index contributed by atoms with van der Waals surface area (Å²) >= 11 is 0. The number of nitrogens with zero attached hydrogens (tertiary/aromatic N) is 2. The molecular weight excluding hydrogens is 246 g/mol. The molecule has 0 aromatic carbocycles. The van der Waals surface area contributed by atoms with Gasteiger partial charge in [-0.2, -0.15) is 0 Å². The maximum atomic E-state index is 10.4. The molecule has 1 aliphatic heterocycles. The summed E-state index contributed by atoms with van der Waals surface area (Å²) in [6, 6.07) is 3.29. The van der Waals surface area contributed by atoms with Gasteiger partial charge in [0.05, 0.1) is 4.92 Å². The fourth-order valence-corrected chi connectivity index (χ4v) is 1.65. The molecule has 17 heavy (non-hydrogen) atoms. The van der Waals surface area contributed by atoms with E-state index >= 15 is 0 Å². The lowest BCUT2D eigenvalue weighted by atomic mass is 10.2. The normalized spacial score (nSPS) is 18.5. The van der Waals surface area contributed by atoms with Crippen molar-refractivity contribution in [1.82, 2.24) is 10.3 Å². The van der Waals surface area contributed by atoms with Crippen LogP contribution in [0.2, 0.25) is 0 Å². The summed E-state index contributed by atoms with van der Waals surface area (Å²) in [5.41, 5.74) is -0.0219. The molecule has 1 unspecified atom stereocenters. The highest BCUT2D eigenvalue weighted by atomic mass is 35.5. The van der Waals surface area contributed by atoms with Gasteiger partial charge >= 0.3 is 0 Å². The second kappa shape index (κ2) is 6.36. The second-order valence-electron chi connectivity index (χ2n) is 3.72. The van der Waals surface area contributed by atoms with Gasteiger partial charge in [0.25, 0.3) is 5.69 Å². The van der Waals surface area contributed by atoms with Gasteiger partial charge in [-0.05, 0) is 19.4 Å². The lowest BCUT2D eigenvalue weighted by Gasteiger charge is -2.10. The Morgan fingerprint density at radius 3 is 2.94 bits per heavy atom. The minimum absolute atomic E-state index is 0. The number of nitro groups is 1. The van der Waals surface area contributed by atoms with Crippen LogP contribution in [-0.4, -0.2) is 29.1 Å². The smallest absolute Gasteiger partial charge is 0.287 e. The standard InChI is InChI=1S/C10H13N3O3.ClH/c14-13(15)9-3-4-10(12-6-9)16-7-8-2-1-5-11-8;/h3-4,6,8,11H,1-2,5,7H2;1H. The Bertz CT molecular complexity index is 366. The molecule has 7 heteroatoms. The van der Waals surface area contributed by atoms with Crippen molar-refractivity contribution in [1.29, 1.82) is 0 Å². The van der Waals surface area contributed by atoms with E-state index in [1.165, 1.54) is 24.8 Å². The van der Waals surface area contributed by atoms with Gasteiger partial charge in [0, 0.05) is 18.2 Å². The average Bonchev–Trinajstić information content (AvgIpc) is 2.80. The third-order valence-electron chi connectivity index (χ3n) is 2.53. The van der Waals surface area contributed by atoms with Crippen LogP contribution in [-0.2, 0) is 0 Å². The maximum Gasteiger partial charge on any atom is 0.287 e. The summed E-state index contributed by atoms with van der Waals surface area (Å²) in [5.74, 6) is 0.430. The van der Waals surface area contributed by atoms with Gasteiger partial charge in [0.1, 0.15) is 12.8 Å². The molecule has 0 saturated carbocycles. The highest BCUT2D eigenvalue weighted by Crippen LogP contribution is 2.14. The van der Waals surface area contributed by atoms with Crippen LogP contribution >= 0.6 is 12.4 Å². The molecule has 1 aromatic heterocycles. The van der Waals surface area contributed by atoms with Gasteiger partial charge in [-0.3, -0.25) is 10.1 Å². The van der Waals surface area contributed by atoms with Crippen LogP contribution in [0.1, 0.15) is 12.8 Å². The van der Waals surface area contributed by atoms with Crippen molar-refractivity contribution in [2.45, 2.75) is 18.9 Å². The summed E-state index contributed by atoms with van der Waals surface area (Å²) < 4.78 is 5.43. The fraction of sp³-hybridized carbons (Fsp3) is 0.500. The van der Waals surface area contributed by atoms with E-state index in [9.17, 15) is 10.1 Å². The molecule has 1 N–H and O–H groups in total. The van der Waals surface area contributed by atoms with Crippen LogP contribution in [0.5, 0.6) is 5.88 Å². The largest absolute Gasteiger partial charge is 0.476 e. The summed E-state index contributed by atoms with van der Waals surface area (Å²) in [4.78, 5) is 13.8. The minimum atomic E-state index is -0.477. The van der Waals surface area contributed by atoms with E-state index in [2.05, 4.69) is 10.3 Å². The summed E-state index contributed by atoms with van der Waals surface area (Å²) in [5, 5.41) is 13.7. The summed E-state index contributed by atoms with van der Waals surface area (Å²) in [6.45, 7) is 1.59. The van der Waals surface area contributed by atoms with E-state index in [1.54, 1.807) is 0 Å². The molecule has 0 radical (unpaired) electrons. The van der Waals surface area contributed by atoms with Gasteiger partial charge < -0.3 is 10.1 Å². The molecule has 1 saturated heterocycles. The monoisotopic (exact) mass is 259 g/mol. The van der Waals surface area contributed by atoms with Gasteiger partial charge in [-0.1, -0.05) is 0 Å². The molecule has 0 bridgehead atoms. The summed E-state index contributed by atoms with van der Waals surface area (Å²) in [7, 11) is 0. The Morgan fingerprint density at radius 1 is 1.59 bits per heavy atom. The van der Waals surface area contributed by atoms with Crippen LogP contribution in [0.25, 0.3) is 0 Å². The van der Waals surface area contributed by atoms with Crippen molar-refractivity contribution < 1.29 is 9.66 Å². The number of nitrogens with one attached hydrogen (secondary N) is 1. The molecule has 2 heterocycles. The second-order valence-corrected chi connectivity index (χ2v) is 3.72. The van der Waals surface area contributed by atoms with E-state index in [4.69, 9.17) is 4.74 Å². The molecule has 0 amide bonds. The number of ether oxygens (including phenoxy) is 1. The molecular formula is C10H14ClN3O3. The molecule has 1 atom stereocenters. The lowest BCUT2D eigenvalue weighted by Crippen LogP contribution is -2.28. The van der Waals surface area contributed by atoms with Crippen molar-refractivity contribution in [3.8, 4) is 5.88 Å². The molecule has 1 aliphatic rings. The highest BCUT2D eigenvalue weighted by molar-refractivity contribution is 5.85. The van der Waals surface area contributed by atoms with E-state index < -0.39 is 4.92 Å². The Hall–Kier alpha value is -1.40. The van der Waals surface area contributed by atoms with Crippen LogP contribution in [0.15, 0.2) is 18.3 Å². The number of halogens is 1. The van der Waals surface area contributed by atoms with E-state index in [0.717, 1.165) is 13.0 Å². The minimum Gasteiger partial charge on any atom is -0.476 e. The predicted octanol–water partition coefficient (Wildman–Crippen LogP) is 1.54. The molecule has 0 aliphatic carbocycles. The van der Waals surface area contributed by atoms with Crippen molar-refractivity contribution in [3.05, 3.63) is 28.4 Å². The number of rotatable bonds is 4. The third-order valence-corrected chi connectivity index (χ3v) is 2.53. The Labute approximate surface area is 105 Å². The Morgan fingerprint density at radius 2 is 2.41 bits per heavy atom. The Kier molecular flexibility index (Phi) is 5.11. The molecule has 1 fully saturated rings. The SMILES string of the molecule is Cl.O=[N+]([O-])c1ccc(OCC2CCCN2)nc1. The number of hydrogen-bond acceptors (Lipinski definition) is 5. The Balaban J connectivity index is 0.00000144. The predicted molar refractivity (Wildman–Crippen MR) is 64.7 cm³/mol. The van der Waals surface area contributed by atoms with Crippen molar-refractivity contribution >= 4 is 18.1 Å². The van der Waals surface area contributed by atoms with Gasteiger partial charge in [0.2, 0.25) is 5.88 Å². The zero-order valence-electron chi connectivity index (χ0n) is 9.17. The molecule has 2 rings (SSSR count). The number of hydrogen-bond donors (Lipinski definition) is 1. The van der Waals surface area contributed by atoms with E-state index in [0.29, 0.717) is 18.5 Å². The quantitative estimate of drug-likeness (QED) is 0.656. The van der Waals surface area contributed by atoms with Crippen molar-refractivity contribution in [2.24, 2.45) is 0 Å². The van der Waals surface area contributed by atoms with Crippen LogP contribution in [0.3, 0.4) is 0 Å². The van der Waals surface area contributed by atoms with Gasteiger partial charge in [-0.25, -0.2) is 4.98 Å². The van der Waals surface area contributed by atoms with Crippen molar-refractivity contribution in [2.75, 3.05) is 13.2 Å². The number of pyridine rings is 1. The van der Waals surface area contributed by atoms with Gasteiger partial charge in [-0.15, -0.1) is 12.4 Å². The average molecular weight is 260 g/mol. The first-order valence-electron chi connectivity index (χ1n) is 5.22. The topological polar surface area (TPSA) is 77.3 Å². The van der Waals surface area contributed by atoms with Crippen LogP contribution in [0.4, 0.5) is 5.69 Å². The third kappa shape index (κ3) is 3.83. The first kappa shape index (κ1) is 13.7. The first-order chi connectivity index (χ1) is 7.75. The zero-order valence-corrected chi connectivity index (χ0v) is 9.98. The first-order valence-corrected chi connectivity index (χ1v) is 5.22. The van der Waals surface area contributed by atoms with E-state index in [1.807, 2.05) is 0 Å². The van der Waals surface area contributed by atoms with Crippen LogP contribution in [0, 0.1) is 10.1 Å². The van der Waals surface area contributed by atoms with E-state index in [-0.39, 0.29) is 18.1 Å². The maximum absolute atomic E-state index is 10.4. The lowest BCUT2D eigenvalue weighted by molar-refractivity contribution is -0.385. The van der Waals surface area contributed by atoms with Crippen LogP contribution < -0.4 is 10.1 Å². The highest BCUT2D eigenvalue weighted by Gasteiger charge is 2.14. The number of aromatic nitrogens is 1. The molecule has 94 valence electrons. The molecule has 6 nitrogen and oxygen atoms in total.